The van der Waals surface area contributed by atoms with E-state index in [0.717, 1.165) is 37.1 Å². The van der Waals surface area contributed by atoms with Gasteiger partial charge in [0.1, 0.15) is 5.75 Å². The zero-order valence-electron chi connectivity index (χ0n) is 15.9. The highest BCUT2D eigenvalue weighted by Crippen LogP contribution is 2.30. The lowest BCUT2D eigenvalue weighted by Gasteiger charge is -2.24. The van der Waals surface area contributed by atoms with Crippen LogP contribution in [0.2, 0.25) is 0 Å². The van der Waals surface area contributed by atoms with Gasteiger partial charge in [0.05, 0.1) is 31.8 Å². The Balaban J connectivity index is 1.35. The van der Waals surface area contributed by atoms with E-state index in [1.54, 1.807) is 0 Å². The van der Waals surface area contributed by atoms with Crippen LogP contribution in [0.3, 0.4) is 0 Å². The van der Waals surface area contributed by atoms with Crippen LogP contribution in [0.5, 0.6) is 5.75 Å². The Morgan fingerprint density at radius 2 is 1.86 bits per heavy atom. The smallest absolute Gasteiger partial charge is 0.223 e. The summed E-state index contributed by atoms with van der Waals surface area (Å²) in [6.07, 6.45) is 5.28. The lowest BCUT2D eigenvalue weighted by Crippen LogP contribution is -2.31. The normalized spacial score (nSPS) is 15.6. The molecule has 2 aromatic carbocycles. The molecule has 1 aliphatic rings. The number of ether oxygens (including phenoxy) is 1. The zero-order valence-corrected chi connectivity index (χ0v) is 15.9. The van der Waals surface area contributed by atoms with Gasteiger partial charge in [-0.3, -0.25) is 9.48 Å². The predicted octanol–water partition coefficient (Wildman–Crippen LogP) is 3.89. The minimum absolute atomic E-state index is 0.0181. The van der Waals surface area contributed by atoms with Crippen LogP contribution in [0.1, 0.15) is 42.1 Å². The number of para-hydroxylation sites is 1. The van der Waals surface area contributed by atoms with Gasteiger partial charge in [-0.05, 0) is 37.0 Å². The number of carbonyl (C=O) groups is 1. The van der Waals surface area contributed by atoms with E-state index in [4.69, 9.17) is 4.74 Å². The van der Waals surface area contributed by atoms with Gasteiger partial charge < -0.3 is 10.1 Å². The minimum Gasteiger partial charge on any atom is -0.493 e. The summed E-state index contributed by atoms with van der Waals surface area (Å²) >= 11 is 0. The Bertz CT molecular complexity index is 906. The molecular formula is C23H25N3O2. The summed E-state index contributed by atoms with van der Waals surface area (Å²) in [5, 5.41) is 7.76. The van der Waals surface area contributed by atoms with Crippen molar-refractivity contribution in [3.8, 4) is 5.75 Å². The van der Waals surface area contributed by atoms with Crippen LogP contribution >= 0.6 is 0 Å². The number of carbonyl (C=O) groups excluding carboxylic acids is 1. The highest BCUT2D eigenvalue weighted by Gasteiger charge is 2.25. The zero-order chi connectivity index (χ0) is 19.2. The number of aromatic nitrogens is 2. The molecule has 28 heavy (non-hydrogen) atoms. The van der Waals surface area contributed by atoms with E-state index in [1.807, 2.05) is 54.7 Å². The fourth-order valence-corrected chi connectivity index (χ4v) is 3.71. The Hall–Kier alpha value is -3.08. The van der Waals surface area contributed by atoms with Gasteiger partial charge in [0.15, 0.2) is 0 Å². The molecule has 5 nitrogen and oxygen atoms in total. The maximum atomic E-state index is 12.4. The van der Waals surface area contributed by atoms with Crippen LogP contribution in [-0.4, -0.2) is 22.3 Å². The molecule has 1 atom stereocenters. The van der Waals surface area contributed by atoms with Gasteiger partial charge in [0.25, 0.3) is 0 Å². The van der Waals surface area contributed by atoms with Crippen molar-refractivity contribution in [3.05, 3.63) is 83.7 Å². The molecule has 0 saturated carbocycles. The van der Waals surface area contributed by atoms with Gasteiger partial charge in [-0.15, -0.1) is 0 Å². The Morgan fingerprint density at radius 1 is 1.11 bits per heavy atom. The molecule has 0 saturated heterocycles. The highest BCUT2D eigenvalue weighted by atomic mass is 16.5. The number of amides is 1. The van der Waals surface area contributed by atoms with E-state index in [2.05, 4.69) is 27.2 Å². The largest absolute Gasteiger partial charge is 0.493 e. The molecule has 3 aromatic rings. The van der Waals surface area contributed by atoms with Crippen molar-refractivity contribution >= 4 is 5.91 Å². The van der Waals surface area contributed by atoms with E-state index in [0.29, 0.717) is 13.0 Å². The summed E-state index contributed by atoms with van der Waals surface area (Å²) in [5.74, 6) is 0.807. The Morgan fingerprint density at radius 3 is 2.64 bits per heavy atom. The van der Waals surface area contributed by atoms with E-state index in [1.165, 1.54) is 11.3 Å². The summed E-state index contributed by atoms with van der Waals surface area (Å²) in [4.78, 5) is 12.4. The van der Waals surface area contributed by atoms with Crippen LogP contribution in [-0.2, 0) is 17.8 Å². The first-order valence-corrected chi connectivity index (χ1v) is 9.85. The molecule has 5 heteroatoms. The van der Waals surface area contributed by atoms with Crippen LogP contribution in [0.15, 0.2) is 66.9 Å². The van der Waals surface area contributed by atoms with Crippen molar-refractivity contribution in [3.63, 3.8) is 0 Å². The molecule has 1 unspecified atom stereocenters. The van der Waals surface area contributed by atoms with Crippen LogP contribution in [0, 0.1) is 0 Å². The second-order valence-corrected chi connectivity index (χ2v) is 7.11. The van der Waals surface area contributed by atoms with E-state index < -0.39 is 0 Å². The summed E-state index contributed by atoms with van der Waals surface area (Å²) in [5.41, 5.74) is 3.62. The molecule has 1 heterocycles. The third-order valence-corrected chi connectivity index (χ3v) is 5.11. The number of benzene rings is 2. The van der Waals surface area contributed by atoms with Gasteiger partial charge in [-0.25, -0.2) is 0 Å². The molecule has 0 bridgehead atoms. The van der Waals surface area contributed by atoms with Crippen molar-refractivity contribution in [2.45, 2.75) is 38.3 Å². The lowest BCUT2D eigenvalue weighted by atomic mass is 9.92. The fraction of sp³-hybridized carbons (Fsp3) is 0.304. The summed E-state index contributed by atoms with van der Waals surface area (Å²) in [6, 6.07) is 20.0. The predicted molar refractivity (Wildman–Crippen MR) is 108 cm³/mol. The van der Waals surface area contributed by atoms with Gasteiger partial charge in [0.2, 0.25) is 5.91 Å². The third-order valence-electron chi connectivity index (χ3n) is 5.11. The SMILES string of the molecule is O=C(CCOc1ccccc1)NC1CCCc2c1cnn2Cc1ccccc1. The first-order valence-electron chi connectivity index (χ1n) is 9.85. The standard InChI is InChI=1S/C23H25N3O2/c27-23(14-15-28-19-10-5-2-6-11-19)25-21-12-7-13-22-20(21)16-24-26(22)17-18-8-3-1-4-9-18/h1-6,8-11,16,21H,7,12-15,17H2,(H,25,27). The van der Waals surface area contributed by atoms with Crippen LogP contribution < -0.4 is 10.1 Å². The second-order valence-electron chi connectivity index (χ2n) is 7.11. The second kappa shape index (κ2) is 8.74. The Kier molecular flexibility index (Phi) is 5.71. The van der Waals surface area contributed by atoms with Crippen molar-refractivity contribution in [2.75, 3.05) is 6.61 Å². The van der Waals surface area contributed by atoms with Crippen LogP contribution in [0.4, 0.5) is 0 Å². The van der Waals surface area contributed by atoms with E-state index >= 15 is 0 Å². The fourth-order valence-electron chi connectivity index (χ4n) is 3.71. The number of hydrogen-bond donors (Lipinski definition) is 1. The molecule has 0 aliphatic heterocycles. The summed E-state index contributed by atoms with van der Waals surface area (Å²) in [6.45, 7) is 1.14. The van der Waals surface area contributed by atoms with E-state index in [9.17, 15) is 4.79 Å². The summed E-state index contributed by atoms with van der Waals surface area (Å²) < 4.78 is 7.70. The number of rotatable bonds is 7. The van der Waals surface area contributed by atoms with Gasteiger partial charge in [0, 0.05) is 11.3 Å². The van der Waals surface area contributed by atoms with Gasteiger partial charge in [-0.2, -0.15) is 5.10 Å². The molecule has 0 fully saturated rings. The van der Waals surface area contributed by atoms with Gasteiger partial charge in [-0.1, -0.05) is 48.5 Å². The van der Waals surface area contributed by atoms with E-state index in [-0.39, 0.29) is 11.9 Å². The molecule has 1 aromatic heterocycles. The molecule has 0 spiro atoms. The maximum Gasteiger partial charge on any atom is 0.223 e. The number of nitrogens with one attached hydrogen (secondary N) is 1. The van der Waals surface area contributed by atoms with Crippen LogP contribution in [0.25, 0.3) is 0 Å². The topological polar surface area (TPSA) is 56.1 Å². The quantitative estimate of drug-likeness (QED) is 0.681. The highest BCUT2D eigenvalue weighted by molar-refractivity contribution is 5.76. The number of hydrogen-bond acceptors (Lipinski definition) is 3. The summed E-state index contributed by atoms with van der Waals surface area (Å²) in [7, 11) is 0. The van der Waals surface area contributed by atoms with Gasteiger partial charge >= 0.3 is 0 Å². The van der Waals surface area contributed by atoms with Crippen molar-refractivity contribution in [2.24, 2.45) is 0 Å². The molecule has 1 N–H and O–H groups in total. The van der Waals surface area contributed by atoms with Crippen molar-refractivity contribution in [1.82, 2.24) is 15.1 Å². The molecule has 4 rings (SSSR count). The number of fused-ring (bicyclic) bond motifs is 1. The first-order chi connectivity index (χ1) is 13.8. The minimum atomic E-state index is 0.0181. The molecule has 144 valence electrons. The molecule has 1 aliphatic carbocycles. The van der Waals surface area contributed by atoms with Crippen molar-refractivity contribution < 1.29 is 9.53 Å². The lowest BCUT2D eigenvalue weighted by molar-refractivity contribution is -0.122. The average Bonchev–Trinajstić information content (AvgIpc) is 3.13. The number of nitrogens with zero attached hydrogens (tertiary/aromatic N) is 2. The average molecular weight is 375 g/mol. The first kappa shape index (κ1) is 18.3. The maximum absolute atomic E-state index is 12.4. The monoisotopic (exact) mass is 375 g/mol. The molecule has 1 amide bonds. The van der Waals surface area contributed by atoms with Crippen molar-refractivity contribution in [1.29, 1.82) is 0 Å². The third kappa shape index (κ3) is 4.42. The molecule has 0 radical (unpaired) electrons. The Labute approximate surface area is 165 Å². The molecular weight excluding hydrogens is 350 g/mol.